The number of aromatic nitrogens is 4. The van der Waals surface area contributed by atoms with E-state index in [4.69, 9.17) is 21.0 Å². The molecule has 0 aliphatic rings. The van der Waals surface area contributed by atoms with Crippen molar-refractivity contribution in [2.24, 2.45) is 0 Å². The average molecular weight is 417 g/mol. The molecule has 30 heavy (non-hydrogen) atoms. The normalized spacial score (nSPS) is 11.0. The number of nitrogens with zero attached hydrogens (tertiary/aromatic N) is 4. The topological polar surface area (TPSA) is 80.8 Å². The molecule has 2 aromatic carbocycles. The summed E-state index contributed by atoms with van der Waals surface area (Å²) >= 11 is 6.14. The molecule has 0 spiro atoms. The van der Waals surface area contributed by atoms with E-state index < -0.39 is 0 Å². The van der Waals surface area contributed by atoms with E-state index in [1.165, 1.54) is 0 Å². The van der Waals surface area contributed by atoms with Gasteiger partial charge in [-0.05, 0) is 42.5 Å². The van der Waals surface area contributed by atoms with Gasteiger partial charge in [-0.15, -0.1) is 0 Å². The second-order valence-electron chi connectivity index (χ2n) is 6.59. The molecule has 0 radical (unpaired) electrons. The molecular weight excluding hydrogens is 400 g/mol. The molecule has 5 rings (SSSR count). The molecule has 3 aromatic heterocycles. The first-order valence-corrected chi connectivity index (χ1v) is 9.74. The molecule has 0 saturated heterocycles. The summed E-state index contributed by atoms with van der Waals surface area (Å²) in [6.07, 6.45) is 3.39. The number of hydrogen-bond donors (Lipinski definition) is 2. The van der Waals surface area contributed by atoms with E-state index in [9.17, 15) is 0 Å². The molecular formula is C22H17ClN6O. The number of fused-ring (bicyclic) bond motifs is 1. The van der Waals surface area contributed by atoms with Crippen molar-refractivity contribution >= 4 is 40.1 Å². The minimum atomic E-state index is 0.459. The van der Waals surface area contributed by atoms with E-state index in [-0.39, 0.29) is 0 Å². The summed E-state index contributed by atoms with van der Waals surface area (Å²) in [4.78, 5) is 9.36. The van der Waals surface area contributed by atoms with Gasteiger partial charge in [-0.1, -0.05) is 35.9 Å². The Morgan fingerprint density at radius 2 is 1.87 bits per heavy atom. The maximum absolute atomic E-state index is 6.14. The van der Waals surface area contributed by atoms with Crippen LogP contribution in [0.1, 0.15) is 5.76 Å². The van der Waals surface area contributed by atoms with Crippen LogP contribution in [0.25, 0.3) is 16.7 Å². The molecule has 148 valence electrons. The molecule has 0 fully saturated rings. The Hall–Kier alpha value is -3.84. The van der Waals surface area contributed by atoms with Gasteiger partial charge >= 0.3 is 0 Å². The van der Waals surface area contributed by atoms with E-state index in [0.717, 1.165) is 22.5 Å². The molecule has 2 N–H and O–H groups in total. The molecule has 3 heterocycles. The standard InChI is InChI=1S/C22H17ClN6O/c23-15-6-4-7-16(12-15)26-20-19-14-25-29(17-8-2-1-3-9-17)21(19)28-22(27-20)24-13-18-10-5-11-30-18/h1-12,14H,13H2,(H2,24,26,27,28). The third-order valence-electron chi connectivity index (χ3n) is 4.52. The molecule has 0 saturated carbocycles. The van der Waals surface area contributed by atoms with E-state index >= 15 is 0 Å². The quantitative estimate of drug-likeness (QED) is 0.385. The Bertz CT molecular complexity index is 1280. The van der Waals surface area contributed by atoms with Gasteiger partial charge in [0.25, 0.3) is 0 Å². The van der Waals surface area contributed by atoms with Crippen molar-refractivity contribution in [2.75, 3.05) is 10.6 Å². The fraction of sp³-hybridized carbons (Fsp3) is 0.0455. The highest BCUT2D eigenvalue weighted by Crippen LogP contribution is 2.28. The summed E-state index contributed by atoms with van der Waals surface area (Å²) in [6.45, 7) is 0.467. The number of rotatable bonds is 6. The largest absolute Gasteiger partial charge is 0.467 e. The van der Waals surface area contributed by atoms with Crippen LogP contribution in [0.3, 0.4) is 0 Å². The molecule has 7 nitrogen and oxygen atoms in total. The van der Waals surface area contributed by atoms with Crippen molar-refractivity contribution in [3.8, 4) is 5.69 Å². The molecule has 8 heteroatoms. The highest BCUT2D eigenvalue weighted by Gasteiger charge is 2.15. The Balaban J connectivity index is 1.58. The highest BCUT2D eigenvalue weighted by atomic mass is 35.5. The summed E-state index contributed by atoms with van der Waals surface area (Å²) < 4.78 is 7.18. The van der Waals surface area contributed by atoms with Gasteiger partial charge in [0.05, 0.1) is 30.1 Å². The van der Waals surface area contributed by atoms with E-state index in [2.05, 4.69) is 20.7 Å². The lowest BCUT2D eigenvalue weighted by molar-refractivity contribution is 0.517. The third-order valence-corrected chi connectivity index (χ3v) is 4.75. The fourth-order valence-electron chi connectivity index (χ4n) is 3.12. The van der Waals surface area contributed by atoms with Gasteiger partial charge in [0.1, 0.15) is 11.6 Å². The van der Waals surface area contributed by atoms with E-state index in [0.29, 0.717) is 29.0 Å². The Morgan fingerprint density at radius 3 is 2.67 bits per heavy atom. The molecule has 0 bridgehead atoms. The molecule has 0 aliphatic carbocycles. The van der Waals surface area contributed by atoms with Crippen LogP contribution in [-0.4, -0.2) is 19.7 Å². The first kappa shape index (κ1) is 18.2. The van der Waals surface area contributed by atoms with Crippen LogP contribution in [0.4, 0.5) is 17.5 Å². The van der Waals surface area contributed by atoms with Crippen LogP contribution >= 0.6 is 11.6 Å². The molecule has 5 aromatic rings. The van der Waals surface area contributed by atoms with Crippen molar-refractivity contribution < 1.29 is 4.42 Å². The molecule has 0 amide bonds. The Kier molecular flexibility index (Phi) is 4.78. The van der Waals surface area contributed by atoms with E-state index in [1.54, 1.807) is 17.1 Å². The van der Waals surface area contributed by atoms with E-state index in [1.807, 2.05) is 66.7 Å². The third kappa shape index (κ3) is 3.70. The van der Waals surface area contributed by atoms with Crippen molar-refractivity contribution in [3.05, 3.63) is 90.0 Å². The maximum atomic E-state index is 6.14. The molecule has 0 atom stereocenters. The number of nitrogens with one attached hydrogen (secondary N) is 2. The zero-order chi connectivity index (χ0) is 20.3. The second-order valence-corrected chi connectivity index (χ2v) is 7.03. The summed E-state index contributed by atoms with van der Waals surface area (Å²) in [5, 5.41) is 12.5. The summed E-state index contributed by atoms with van der Waals surface area (Å²) in [7, 11) is 0. The lowest BCUT2D eigenvalue weighted by Crippen LogP contribution is -2.07. The number of furan rings is 1. The van der Waals surface area contributed by atoms with Gasteiger partial charge in [-0.2, -0.15) is 15.1 Å². The zero-order valence-corrected chi connectivity index (χ0v) is 16.5. The number of para-hydroxylation sites is 1. The lowest BCUT2D eigenvalue weighted by atomic mass is 10.3. The van der Waals surface area contributed by atoms with Crippen LogP contribution in [0, 0.1) is 0 Å². The molecule has 0 aliphatic heterocycles. The average Bonchev–Trinajstić information content (AvgIpc) is 3.43. The SMILES string of the molecule is Clc1cccc(Nc2nc(NCc3ccco3)nc3c2cnn3-c2ccccc2)c1. The maximum Gasteiger partial charge on any atom is 0.227 e. The van der Waals surface area contributed by atoms with Gasteiger partial charge in [-0.3, -0.25) is 0 Å². The lowest BCUT2D eigenvalue weighted by Gasteiger charge is -2.11. The predicted molar refractivity (Wildman–Crippen MR) is 117 cm³/mol. The van der Waals surface area contributed by atoms with Gasteiger partial charge in [0, 0.05) is 10.7 Å². The predicted octanol–water partition coefficient (Wildman–Crippen LogP) is 5.42. The number of anilines is 3. The number of halogens is 1. The summed E-state index contributed by atoms with van der Waals surface area (Å²) in [6, 6.07) is 21.1. The Labute approximate surface area is 177 Å². The van der Waals surface area contributed by atoms with Crippen LogP contribution in [0.5, 0.6) is 0 Å². The highest BCUT2D eigenvalue weighted by molar-refractivity contribution is 6.30. The van der Waals surface area contributed by atoms with Crippen LogP contribution < -0.4 is 10.6 Å². The van der Waals surface area contributed by atoms with Gasteiger partial charge in [0.15, 0.2) is 5.65 Å². The number of hydrogen-bond acceptors (Lipinski definition) is 6. The summed E-state index contributed by atoms with van der Waals surface area (Å²) in [5.41, 5.74) is 2.42. The number of benzene rings is 2. The summed E-state index contributed by atoms with van der Waals surface area (Å²) in [5.74, 6) is 1.88. The van der Waals surface area contributed by atoms with Gasteiger partial charge in [-0.25, -0.2) is 4.68 Å². The van der Waals surface area contributed by atoms with Crippen molar-refractivity contribution in [2.45, 2.75) is 6.54 Å². The van der Waals surface area contributed by atoms with Gasteiger partial charge in [0.2, 0.25) is 5.95 Å². The smallest absolute Gasteiger partial charge is 0.227 e. The molecule has 0 unspecified atom stereocenters. The van der Waals surface area contributed by atoms with Gasteiger partial charge < -0.3 is 15.1 Å². The first-order valence-electron chi connectivity index (χ1n) is 9.36. The van der Waals surface area contributed by atoms with Crippen LogP contribution in [-0.2, 0) is 6.54 Å². The van der Waals surface area contributed by atoms with Crippen molar-refractivity contribution in [1.82, 2.24) is 19.7 Å². The zero-order valence-electron chi connectivity index (χ0n) is 15.8. The minimum absolute atomic E-state index is 0.459. The fourth-order valence-corrected chi connectivity index (χ4v) is 3.31. The Morgan fingerprint density at radius 1 is 0.967 bits per heavy atom. The minimum Gasteiger partial charge on any atom is -0.467 e. The van der Waals surface area contributed by atoms with Crippen molar-refractivity contribution in [1.29, 1.82) is 0 Å². The first-order chi connectivity index (χ1) is 14.8. The van der Waals surface area contributed by atoms with Crippen LogP contribution in [0.2, 0.25) is 5.02 Å². The second kappa shape index (κ2) is 7.88. The monoisotopic (exact) mass is 416 g/mol. The van der Waals surface area contributed by atoms with Crippen molar-refractivity contribution in [3.63, 3.8) is 0 Å². The van der Waals surface area contributed by atoms with Crippen LogP contribution in [0.15, 0.2) is 83.6 Å².